The number of nitro benzene ring substituents is 1. The quantitative estimate of drug-likeness (QED) is 0.314. The van der Waals surface area contributed by atoms with Crippen LogP contribution in [0.15, 0.2) is 58.5 Å². The van der Waals surface area contributed by atoms with Crippen molar-refractivity contribution in [1.29, 1.82) is 0 Å². The monoisotopic (exact) mass is 384 g/mol. The number of carbonyl (C=O) groups excluding carboxylic acids is 1. The Morgan fingerprint density at radius 3 is 2.74 bits per heavy atom. The van der Waals surface area contributed by atoms with Crippen LogP contribution < -0.4 is 10.9 Å². The van der Waals surface area contributed by atoms with Gasteiger partial charge < -0.3 is 5.32 Å². The van der Waals surface area contributed by atoms with Crippen LogP contribution in [0.4, 0.5) is 11.4 Å². The Bertz CT molecular complexity index is 1100. The van der Waals surface area contributed by atoms with Gasteiger partial charge in [-0.05, 0) is 25.1 Å². The van der Waals surface area contributed by atoms with E-state index in [9.17, 15) is 19.7 Å². The lowest BCUT2D eigenvalue weighted by molar-refractivity contribution is -0.384. The van der Waals surface area contributed by atoms with Crippen molar-refractivity contribution in [2.45, 2.75) is 17.3 Å². The van der Waals surface area contributed by atoms with Crippen LogP contribution in [0.5, 0.6) is 0 Å². The van der Waals surface area contributed by atoms with Gasteiger partial charge in [-0.25, -0.2) is 4.98 Å². The third-order valence-corrected chi connectivity index (χ3v) is 5.06. The van der Waals surface area contributed by atoms with Gasteiger partial charge in [-0.2, -0.15) is 0 Å². The van der Waals surface area contributed by atoms with E-state index in [-0.39, 0.29) is 17.2 Å². The van der Waals surface area contributed by atoms with Crippen molar-refractivity contribution in [3.05, 3.63) is 69.0 Å². The fourth-order valence-corrected chi connectivity index (χ4v) is 3.33. The van der Waals surface area contributed by atoms with E-state index in [1.54, 1.807) is 44.3 Å². The van der Waals surface area contributed by atoms with Crippen molar-refractivity contribution in [3.63, 3.8) is 0 Å². The van der Waals surface area contributed by atoms with Crippen LogP contribution >= 0.6 is 11.8 Å². The molecule has 3 aromatic rings. The largest absolute Gasteiger partial charge is 0.325 e. The standard InChI is InChI=1S/C18H16N4O4S/c1-11(16(23)19-12-6-5-7-13(10-12)22(25)26)27-18-20-15-9-4-3-8-14(15)17(24)21(18)2/h3-11H,1-2H3,(H,19,23)/t11-/m0/s1. The van der Waals surface area contributed by atoms with Gasteiger partial charge in [0.25, 0.3) is 11.2 Å². The molecule has 0 unspecified atom stereocenters. The number of para-hydroxylation sites is 1. The number of fused-ring (bicyclic) bond motifs is 1. The van der Waals surface area contributed by atoms with Crippen molar-refractivity contribution in [3.8, 4) is 0 Å². The molecular weight excluding hydrogens is 368 g/mol. The van der Waals surface area contributed by atoms with Crippen LogP contribution in [0.25, 0.3) is 10.9 Å². The van der Waals surface area contributed by atoms with Crippen LogP contribution in [0.3, 0.4) is 0 Å². The maximum absolute atomic E-state index is 12.4. The van der Waals surface area contributed by atoms with E-state index in [1.807, 2.05) is 0 Å². The van der Waals surface area contributed by atoms with Crippen LogP contribution in [-0.2, 0) is 11.8 Å². The van der Waals surface area contributed by atoms with Crippen LogP contribution in [-0.4, -0.2) is 25.6 Å². The molecule has 1 atom stereocenters. The van der Waals surface area contributed by atoms with Gasteiger partial charge in [0, 0.05) is 24.9 Å². The third-order valence-electron chi connectivity index (χ3n) is 3.92. The molecule has 0 saturated carbocycles. The Balaban J connectivity index is 1.80. The summed E-state index contributed by atoms with van der Waals surface area (Å²) >= 11 is 1.14. The number of rotatable bonds is 5. The Kier molecular flexibility index (Phi) is 5.22. The average molecular weight is 384 g/mol. The number of nitrogens with zero attached hydrogens (tertiary/aromatic N) is 3. The predicted molar refractivity (Wildman–Crippen MR) is 104 cm³/mol. The molecule has 0 fully saturated rings. The molecule has 1 heterocycles. The lowest BCUT2D eigenvalue weighted by atomic mass is 10.2. The van der Waals surface area contributed by atoms with E-state index in [0.717, 1.165) is 11.8 Å². The first kappa shape index (κ1) is 18.6. The second-order valence-corrected chi connectivity index (χ2v) is 7.14. The molecule has 2 aromatic carbocycles. The highest BCUT2D eigenvalue weighted by Crippen LogP contribution is 2.24. The Hall–Kier alpha value is -3.20. The first-order valence-corrected chi connectivity index (χ1v) is 8.92. The Morgan fingerprint density at radius 1 is 1.26 bits per heavy atom. The molecule has 27 heavy (non-hydrogen) atoms. The summed E-state index contributed by atoms with van der Waals surface area (Å²) in [6.07, 6.45) is 0. The van der Waals surface area contributed by atoms with Gasteiger partial charge in [-0.1, -0.05) is 30.0 Å². The van der Waals surface area contributed by atoms with Crippen molar-refractivity contribution in [2.24, 2.45) is 7.05 Å². The van der Waals surface area contributed by atoms with E-state index >= 15 is 0 Å². The molecule has 0 aliphatic heterocycles. The second-order valence-electron chi connectivity index (χ2n) is 5.83. The predicted octanol–water partition coefficient (Wildman–Crippen LogP) is 2.96. The number of hydrogen-bond acceptors (Lipinski definition) is 6. The number of nitrogens with one attached hydrogen (secondary N) is 1. The van der Waals surface area contributed by atoms with E-state index in [0.29, 0.717) is 21.7 Å². The van der Waals surface area contributed by atoms with Gasteiger partial charge in [0.05, 0.1) is 21.1 Å². The molecule has 0 aliphatic rings. The highest BCUT2D eigenvalue weighted by atomic mass is 32.2. The molecule has 138 valence electrons. The van der Waals surface area contributed by atoms with E-state index in [1.165, 1.54) is 22.8 Å². The number of amides is 1. The Morgan fingerprint density at radius 2 is 2.00 bits per heavy atom. The summed E-state index contributed by atoms with van der Waals surface area (Å²) in [6.45, 7) is 1.68. The molecule has 8 nitrogen and oxygen atoms in total. The zero-order chi connectivity index (χ0) is 19.6. The fraction of sp³-hybridized carbons (Fsp3) is 0.167. The summed E-state index contributed by atoms with van der Waals surface area (Å²) in [4.78, 5) is 39.7. The molecule has 9 heteroatoms. The van der Waals surface area contributed by atoms with Gasteiger partial charge in [0.15, 0.2) is 5.16 Å². The molecule has 0 aliphatic carbocycles. The lowest BCUT2D eigenvalue weighted by Crippen LogP contribution is -2.25. The molecular formula is C18H16N4O4S. The highest BCUT2D eigenvalue weighted by molar-refractivity contribution is 8.00. The van der Waals surface area contributed by atoms with Gasteiger partial charge in [-0.3, -0.25) is 24.3 Å². The highest BCUT2D eigenvalue weighted by Gasteiger charge is 2.19. The van der Waals surface area contributed by atoms with Crippen molar-refractivity contribution < 1.29 is 9.72 Å². The maximum atomic E-state index is 12.4. The first-order chi connectivity index (χ1) is 12.9. The molecule has 0 bridgehead atoms. The molecule has 1 aromatic heterocycles. The van der Waals surface area contributed by atoms with Crippen molar-refractivity contribution >= 4 is 39.9 Å². The molecule has 1 amide bonds. The zero-order valence-electron chi connectivity index (χ0n) is 14.6. The third kappa shape index (κ3) is 3.98. The molecule has 3 rings (SSSR count). The first-order valence-electron chi connectivity index (χ1n) is 8.04. The van der Waals surface area contributed by atoms with E-state index < -0.39 is 10.2 Å². The Labute approximate surface area is 158 Å². The summed E-state index contributed by atoms with van der Waals surface area (Å²) in [5.41, 5.74) is 0.609. The van der Waals surface area contributed by atoms with E-state index in [2.05, 4.69) is 10.3 Å². The number of aromatic nitrogens is 2. The minimum atomic E-state index is -0.566. The number of nitro groups is 1. The van der Waals surface area contributed by atoms with E-state index in [4.69, 9.17) is 0 Å². The SMILES string of the molecule is C[C@H](Sc1nc2ccccc2c(=O)n1C)C(=O)Nc1cccc([N+](=O)[O-])c1. The average Bonchev–Trinajstić information content (AvgIpc) is 2.66. The van der Waals surface area contributed by atoms with Gasteiger partial charge >= 0.3 is 0 Å². The number of carbonyl (C=O) groups is 1. The number of benzene rings is 2. The number of non-ortho nitro benzene ring substituents is 1. The van der Waals surface area contributed by atoms with Gasteiger partial charge in [-0.15, -0.1) is 0 Å². The number of hydrogen-bond donors (Lipinski definition) is 1. The minimum absolute atomic E-state index is 0.105. The molecule has 0 saturated heterocycles. The summed E-state index contributed by atoms with van der Waals surface area (Å²) in [7, 11) is 1.61. The smallest absolute Gasteiger partial charge is 0.271 e. The molecule has 1 N–H and O–H groups in total. The topological polar surface area (TPSA) is 107 Å². The van der Waals surface area contributed by atoms with Gasteiger partial charge in [0.1, 0.15) is 0 Å². The number of thioether (sulfide) groups is 1. The normalized spacial score (nSPS) is 11.9. The minimum Gasteiger partial charge on any atom is -0.325 e. The van der Waals surface area contributed by atoms with Crippen molar-refractivity contribution in [1.82, 2.24) is 9.55 Å². The fourth-order valence-electron chi connectivity index (χ4n) is 2.46. The van der Waals surface area contributed by atoms with Crippen LogP contribution in [0.1, 0.15) is 6.92 Å². The van der Waals surface area contributed by atoms with Crippen LogP contribution in [0, 0.1) is 10.1 Å². The van der Waals surface area contributed by atoms with Gasteiger partial charge in [0.2, 0.25) is 5.91 Å². The number of anilines is 1. The summed E-state index contributed by atoms with van der Waals surface area (Å²) in [5, 5.41) is 13.9. The summed E-state index contributed by atoms with van der Waals surface area (Å²) in [6, 6.07) is 12.7. The van der Waals surface area contributed by atoms with Crippen molar-refractivity contribution in [2.75, 3.05) is 5.32 Å². The maximum Gasteiger partial charge on any atom is 0.271 e. The lowest BCUT2D eigenvalue weighted by Gasteiger charge is -2.14. The summed E-state index contributed by atoms with van der Waals surface area (Å²) in [5.74, 6) is -0.345. The summed E-state index contributed by atoms with van der Waals surface area (Å²) < 4.78 is 1.41. The zero-order valence-corrected chi connectivity index (χ0v) is 15.4. The molecule has 0 radical (unpaired) electrons. The second kappa shape index (κ2) is 7.58. The molecule has 0 spiro atoms. The van der Waals surface area contributed by atoms with Crippen LogP contribution in [0.2, 0.25) is 0 Å².